The molecule has 1 aliphatic carbocycles. The minimum atomic E-state index is -0.439. The highest BCUT2D eigenvalue weighted by Gasteiger charge is 2.21. The van der Waals surface area contributed by atoms with E-state index in [9.17, 15) is 9.18 Å². The fraction of sp³-hybridized carbons (Fsp3) is 0.533. The maximum Gasteiger partial charge on any atom is 0.242 e. The van der Waals surface area contributed by atoms with Gasteiger partial charge in [-0.15, -0.1) is 0 Å². The maximum absolute atomic E-state index is 13.2. The number of halogens is 3. The van der Waals surface area contributed by atoms with Crippen LogP contribution < -0.4 is 10.6 Å². The second-order valence-electron chi connectivity index (χ2n) is 5.45. The number of hydrogen-bond donors (Lipinski definition) is 2. The molecule has 1 saturated carbocycles. The molecule has 2 rings (SSSR count). The van der Waals surface area contributed by atoms with Crippen molar-refractivity contribution in [2.45, 2.75) is 51.1 Å². The number of carbonyl (C=O) groups is 1. The van der Waals surface area contributed by atoms with Gasteiger partial charge in [-0.25, -0.2) is 4.39 Å². The molecule has 0 aromatic heterocycles. The minimum absolute atomic E-state index is 0.0609. The third-order valence-electron chi connectivity index (χ3n) is 3.71. The predicted octanol–water partition coefficient (Wildman–Crippen LogP) is 4.49. The van der Waals surface area contributed by atoms with E-state index in [1.807, 2.05) is 0 Å². The van der Waals surface area contributed by atoms with Crippen molar-refractivity contribution in [2.75, 3.05) is 5.32 Å². The third kappa shape index (κ3) is 4.58. The Morgan fingerprint density at radius 2 is 2.05 bits per heavy atom. The predicted molar refractivity (Wildman–Crippen MR) is 87.2 cm³/mol. The molecule has 1 fully saturated rings. The van der Waals surface area contributed by atoms with Crippen LogP contribution in [0.1, 0.15) is 39.0 Å². The summed E-state index contributed by atoms with van der Waals surface area (Å²) in [5, 5.41) is 6.34. The van der Waals surface area contributed by atoms with Gasteiger partial charge >= 0.3 is 0 Å². The van der Waals surface area contributed by atoms with Gasteiger partial charge in [0, 0.05) is 10.5 Å². The SMILES string of the molecule is CC(Nc1c(Cl)cc(F)cc1Br)C(=O)NC1CCCCC1. The van der Waals surface area contributed by atoms with E-state index in [1.165, 1.54) is 31.4 Å². The molecule has 1 aliphatic rings. The van der Waals surface area contributed by atoms with E-state index >= 15 is 0 Å². The summed E-state index contributed by atoms with van der Waals surface area (Å²) in [4.78, 5) is 12.2. The van der Waals surface area contributed by atoms with Gasteiger partial charge in [0.15, 0.2) is 0 Å². The molecular weight excluding hydrogens is 359 g/mol. The molecule has 2 N–H and O–H groups in total. The topological polar surface area (TPSA) is 41.1 Å². The first-order valence-corrected chi connectivity index (χ1v) is 8.36. The highest BCUT2D eigenvalue weighted by Crippen LogP contribution is 2.32. The van der Waals surface area contributed by atoms with Crippen LogP contribution in [0.3, 0.4) is 0 Å². The molecule has 0 saturated heterocycles. The second-order valence-corrected chi connectivity index (χ2v) is 6.72. The lowest BCUT2D eigenvalue weighted by molar-refractivity contribution is -0.122. The average Bonchev–Trinajstić information content (AvgIpc) is 2.43. The lowest BCUT2D eigenvalue weighted by Crippen LogP contribution is -2.44. The van der Waals surface area contributed by atoms with Crippen molar-refractivity contribution in [1.82, 2.24) is 5.32 Å². The molecular formula is C15H19BrClFN2O. The van der Waals surface area contributed by atoms with Crippen LogP contribution in [0.25, 0.3) is 0 Å². The zero-order valence-electron chi connectivity index (χ0n) is 11.9. The van der Waals surface area contributed by atoms with Crippen LogP contribution in [0.2, 0.25) is 5.02 Å². The maximum atomic E-state index is 13.2. The highest BCUT2D eigenvalue weighted by atomic mass is 79.9. The van der Waals surface area contributed by atoms with E-state index < -0.39 is 11.9 Å². The molecule has 21 heavy (non-hydrogen) atoms. The van der Waals surface area contributed by atoms with E-state index in [-0.39, 0.29) is 17.0 Å². The van der Waals surface area contributed by atoms with Gasteiger partial charge in [-0.1, -0.05) is 30.9 Å². The molecule has 6 heteroatoms. The van der Waals surface area contributed by atoms with Gasteiger partial charge in [-0.05, 0) is 47.8 Å². The van der Waals surface area contributed by atoms with Crippen molar-refractivity contribution >= 4 is 39.1 Å². The molecule has 1 amide bonds. The zero-order chi connectivity index (χ0) is 15.4. The Morgan fingerprint density at radius 1 is 1.38 bits per heavy atom. The summed E-state index contributed by atoms with van der Waals surface area (Å²) in [5.41, 5.74) is 0.532. The quantitative estimate of drug-likeness (QED) is 0.811. The molecule has 3 nitrogen and oxygen atoms in total. The first-order valence-electron chi connectivity index (χ1n) is 7.19. The van der Waals surface area contributed by atoms with Gasteiger partial charge < -0.3 is 10.6 Å². The molecule has 0 aliphatic heterocycles. The van der Waals surface area contributed by atoms with Gasteiger partial charge in [-0.2, -0.15) is 0 Å². The van der Waals surface area contributed by atoms with E-state index in [2.05, 4.69) is 26.6 Å². The van der Waals surface area contributed by atoms with Gasteiger partial charge in [0.2, 0.25) is 5.91 Å². The second kappa shape index (κ2) is 7.45. The molecule has 0 heterocycles. The van der Waals surface area contributed by atoms with Crippen molar-refractivity contribution in [1.29, 1.82) is 0 Å². The first-order chi connectivity index (χ1) is 9.97. The summed E-state index contributed by atoms with van der Waals surface area (Å²) in [5.74, 6) is -0.481. The number of carbonyl (C=O) groups excluding carboxylic acids is 1. The monoisotopic (exact) mass is 376 g/mol. The fourth-order valence-corrected chi connectivity index (χ4v) is 3.46. The van der Waals surface area contributed by atoms with Crippen LogP contribution in [0, 0.1) is 5.82 Å². The lowest BCUT2D eigenvalue weighted by Gasteiger charge is -2.25. The lowest BCUT2D eigenvalue weighted by atomic mass is 9.95. The van der Waals surface area contributed by atoms with Crippen molar-refractivity contribution in [3.63, 3.8) is 0 Å². The Balaban J connectivity index is 1.97. The average molecular weight is 378 g/mol. The summed E-state index contributed by atoms with van der Waals surface area (Å²) in [6.07, 6.45) is 5.67. The fourth-order valence-electron chi connectivity index (χ4n) is 2.54. The van der Waals surface area contributed by atoms with E-state index in [0.717, 1.165) is 12.8 Å². The van der Waals surface area contributed by atoms with Gasteiger partial charge in [0.1, 0.15) is 11.9 Å². The van der Waals surface area contributed by atoms with Gasteiger partial charge in [-0.3, -0.25) is 4.79 Å². The van der Waals surface area contributed by atoms with E-state index in [4.69, 9.17) is 11.6 Å². The molecule has 0 bridgehead atoms. The van der Waals surface area contributed by atoms with Crippen molar-refractivity contribution in [3.05, 3.63) is 27.4 Å². The summed E-state index contributed by atoms with van der Waals surface area (Å²) < 4.78 is 13.7. The summed E-state index contributed by atoms with van der Waals surface area (Å²) in [7, 11) is 0. The van der Waals surface area contributed by atoms with E-state index in [1.54, 1.807) is 6.92 Å². The number of hydrogen-bond acceptors (Lipinski definition) is 2. The number of amides is 1. The van der Waals surface area contributed by atoms with E-state index in [0.29, 0.717) is 10.2 Å². The van der Waals surface area contributed by atoms with Crippen LogP contribution in [0.4, 0.5) is 10.1 Å². The number of nitrogens with one attached hydrogen (secondary N) is 2. The van der Waals surface area contributed by atoms with Crippen LogP contribution in [-0.2, 0) is 4.79 Å². The molecule has 1 aromatic carbocycles. The summed E-state index contributed by atoms with van der Waals surface area (Å²) >= 11 is 9.27. The van der Waals surface area contributed by atoms with Crippen molar-refractivity contribution in [3.8, 4) is 0 Å². The largest absolute Gasteiger partial charge is 0.372 e. The summed E-state index contributed by atoms with van der Waals surface area (Å²) in [6.45, 7) is 1.77. The van der Waals surface area contributed by atoms with Crippen LogP contribution in [-0.4, -0.2) is 18.0 Å². The number of anilines is 1. The highest BCUT2D eigenvalue weighted by molar-refractivity contribution is 9.10. The molecule has 0 radical (unpaired) electrons. The van der Waals surface area contributed by atoms with Crippen LogP contribution >= 0.6 is 27.5 Å². The Kier molecular flexibility index (Phi) is 5.88. The molecule has 116 valence electrons. The Labute approximate surface area is 137 Å². The molecule has 1 unspecified atom stereocenters. The minimum Gasteiger partial charge on any atom is -0.372 e. The third-order valence-corrected chi connectivity index (χ3v) is 4.64. The van der Waals surface area contributed by atoms with Crippen molar-refractivity contribution in [2.24, 2.45) is 0 Å². The standard InChI is InChI=1S/C15H19BrClFN2O/c1-9(15(21)20-11-5-3-2-4-6-11)19-14-12(16)7-10(18)8-13(14)17/h7-9,11,19H,2-6H2,1H3,(H,20,21). The molecule has 1 atom stereocenters. The smallest absolute Gasteiger partial charge is 0.242 e. The normalized spacial score (nSPS) is 17.3. The molecule has 1 aromatic rings. The Morgan fingerprint density at radius 3 is 2.67 bits per heavy atom. The molecule has 0 spiro atoms. The number of rotatable bonds is 4. The van der Waals surface area contributed by atoms with Crippen LogP contribution in [0.5, 0.6) is 0 Å². The first kappa shape index (κ1) is 16.6. The number of benzene rings is 1. The summed E-state index contributed by atoms with van der Waals surface area (Å²) in [6, 6.07) is 2.37. The Hall–Kier alpha value is -0.810. The van der Waals surface area contributed by atoms with Crippen LogP contribution in [0.15, 0.2) is 16.6 Å². The van der Waals surface area contributed by atoms with Crippen molar-refractivity contribution < 1.29 is 9.18 Å². The van der Waals surface area contributed by atoms with Gasteiger partial charge in [0.25, 0.3) is 0 Å². The Bertz CT molecular complexity index is 497. The van der Waals surface area contributed by atoms with Gasteiger partial charge in [0.05, 0.1) is 10.7 Å². The zero-order valence-corrected chi connectivity index (χ0v) is 14.2.